The summed E-state index contributed by atoms with van der Waals surface area (Å²) in [5.74, 6) is 0.00426. The Morgan fingerprint density at radius 1 is 0.962 bits per heavy atom. The monoisotopic (exact) mass is 374 g/mol. The van der Waals surface area contributed by atoms with Gasteiger partial charge in [0.2, 0.25) is 5.91 Å². The lowest BCUT2D eigenvalue weighted by molar-refractivity contribution is -0.131. The molecular formula is C21H27ClN2O2. The molecule has 5 heteroatoms. The van der Waals surface area contributed by atoms with Gasteiger partial charge in [0.15, 0.2) is 5.78 Å². The van der Waals surface area contributed by atoms with Crippen molar-refractivity contribution in [3.8, 4) is 0 Å². The minimum Gasteiger partial charge on any atom is -0.338 e. The zero-order valence-electron chi connectivity index (χ0n) is 15.2. The van der Waals surface area contributed by atoms with Crippen LogP contribution in [-0.2, 0) is 11.3 Å². The minimum atomic E-state index is -0.00207. The van der Waals surface area contributed by atoms with Crippen molar-refractivity contribution in [1.29, 1.82) is 0 Å². The number of Topliss-reactive ketones (excluding diaryl/α,β-unsaturated/α-hetero) is 1. The van der Waals surface area contributed by atoms with Crippen molar-refractivity contribution in [2.75, 3.05) is 13.1 Å². The van der Waals surface area contributed by atoms with E-state index in [0.29, 0.717) is 25.2 Å². The van der Waals surface area contributed by atoms with Crippen molar-refractivity contribution in [2.45, 2.75) is 32.7 Å². The average Bonchev–Trinajstić information content (AvgIpc) is 2.64. The van der Waals surface area contributed by atoms with Gasteiger partial charge in [0.25, 0.3) is 0 Å². The highest BCUT2D eigenvalue weighted by Gasteiger charge is 2.16. The lowest BCUT2D eigenvalue weighted by Crippen LogP contribution is -2.32. The predicted octanol–water partition coefficient (Wildman–Crippen LogP) is 3.76. The van der Waals surface area contributed by atoms with Gasteiger partial charge in [0, 0.05) is 31.5 Å². The Balaban J connectivity index is 0.00000338. The van der Waals surface area contributed by atoms with Gasteiger partial charge < -0.3 is 10.6 Å². The second kappa shape index (κ2) is 11.4. The molecule has 1 amide bonds. The Kier molecular flexibility index (Phi) is 9.63. The summed E-state index contributed by atoms with van der Waals surface area (Å²) in [6, 6.07) is 17.3. The van der Waals surface area contributed by atoms with Crippen LogP contribution in [0.15, 0.2) is 54.6 Å². The van der Waals surface area contributed by atoms with E-state index < -0.39 is 0 Å². The summed E-state index contributed by atoms with van der Waals surface area (Å²) >= 11 is 0. The molecule has 0 aliphatic heterocycles. The van der Waals surface area contributed by atoms with Gasteiger partial charge in [-0.3, -0.25) is 9.59 Å². The number of aryl methyl sites for hydroxylation is 1. The van der Waals surface area contributed by atoms with Crippen LogP contribution in [0.3, 0.4) is 0 Å². The van der Waals surface area contributed by atoms with Crippen molar-refractivity contribution >= 4 is 24.1 Å². The van der Waals surface area contributed by atoms with Crippen LogP contribution in [0.25, 0.3) is 0 Å². The molecule has 0 aliphatic rings. The van der Waals surface area contributed by atoms with E-state index in [4.69, 9.17) is 5.73 Å². The summed E-state index contributed by atoms with van der Waals surface area (Å²) < 4.78 is 0. The number of ketones is 1. The first-order valence-corrected chi connectivity index (χ1v) is 8.72. The van der Waals surface area contributed by atoms with Crippen LogP contribution in [0, 0.1) is 6.92 Å². The number of nitrogens with zero attached hydrogens (tertiary/aromatic N) is 1. The maximum atomic E-state index is 12.6. The summed E-state index contributed by atoms with van der Waals surface area (Å²) in [6.07, 6.45) is 1.21. The van der Waals surface area contributed by atoms with Crippen molar-refractivity contribution in [3.63, 3.8) is 0 Å². The van der Waals surface area contributed by atoms with Crippen LogP contribution in [-0.4, -0.2) is 29.7 Å². The van der Waals surface area contributed by atoms with E-state index in [9.17, 15) is 9.59 Å². The molecule has 0 unspecified atom stereocenters. The minimum absolute atomic E-state index is 0. The highest BCUT2D eigenvalue weighted by atomic mass is 35.5. The number of nitrogens with two attached hydrogens (primary N) is 1. The second-order valence-corrected chi connectivity index (χ2v) is 6.23. The largest absolute Gasteiger partial charge is 0.338 e. The van der Waals surface area contributed by atoms with E-state index in [1.165, 1.54) is 0 Å². The molecule has 0 radical (unpaired) electrons. The summed E-state index contributed by atoms with van der Waals surface area (Å²) in [5, 5.41) is 0. The molecule has 2 N–H and O–H groups in total. The third-order valence-corrected chi connectivity index (χ3v) is 4.14. The van der Waals surface area contributed by atoms with Gasteiger partial charge in [-0.15, -0.1) is 12.4 Å². The van der Waals surface area contributed by atoms with E-state index in [-0.39, 0.29) is 36.9 Å². The number of carbonyl (C=O) groups excluding carboxylic acids is 2. The van der Waals surface area contributed by atoms with Gasteiger partial charge in [0.1, 0.15) is 0 Å². The second-order valence-electron chi connectivity index (χ2n) is 6.23. The molecule has 0 saturated heterocycles. The number of carbonyl (C=O) groups is 2. The molecule has 0 bridgehead atoms. The normalized spacial score (nSPS) is 10.1. The predicted molar refractivity (Wildman–Crippen MR) is 108 cm³/mol. The van der Waals surface area contributed by atoms with Crippen LogP contribution in [0.5, 0.6) is 0 Å². The molecule has 4 nitrogen and oxygen atoms in total. The highest BCUT2D eigenvalue weighted by molar-refractivity contribution is 5.97. The van der Waals surface area contributed by atoms with Crippen LogP contribution in [0.2, 0.25) is 0 Å². The first kappa shape index (κ1) is 21.9. The van der Waals surface area contributed by atoms with Crippen LogP contribution in [0.1, 0.15) is 40.7 Å². The summed E-state index contributed by atoms with van der Waals surface area (Å²) in [5.41, 5.74) is 8.45. The molecule has 0 saturated carbocycles. The molecule has 2 rings (SSSR count). The molecule has 26 heavy (non-hydrogen) atoms. The van der Waals surface area contributed by atoms with Gasteiger partial charge in [-0.2, -0.15) is 0 Å². The van der Waals surface area contributed by atoms with E-state index >= 15 is 0 Å². The Morgan fingerprint density at radius 2 is 1.62 bits per heavy atom. The standard InChI is InChI=1S/C21H26N2O2.ClH/c1-17-8-10-19(11-9-17)20(24)12-13-21(25)23(15-5-14-22)16-18-6-3-2-4-7-18;/h2-4,6-11H,5,12-16,22H2,1H3;1H. The number of benzene rings is 2. The van der Waals surface area contributed by atoms with Gasteiger partial charge in [-0.25, -0.2) is 0 Å². The molecule has 140 valence electrons. The third-order valence-electron chi connectivity index (χ3n) is 4.14. The van der Waals surface area contributed by atoms with Gasteiger partial charge in [-0.05, 0) is 25.5 Å². The van der Waals surface area contributed by atoms with Crippen molar-refractivity contribution in [3.05, 3.63) is 71.3 Å². The van der Waals surface area contributed by atoms with Gasteiger partial charge in [-0.1, -0.05) is 60.2 Å². The Labute approximate surface area is 161 Å². The fraction of sp³-hybridized carbons (Fsp3) is 0.333. The average molecular weight is 375 g/mol. The molecule has 2 aromatic rings. The topological polar surface area (TPSA) is 63.4 Å². The highest BCUT2D eigenvalue weighted by Crippen LogP contribution is 2.11. The molecule has 0 atom stereocenters. The lowest BCUT2D eigenvalue weighted by Gasteiger charge is -2.22. The Morgan fingerprint density at radius 3 is 2.23 bits per heavy atom. The van der Waals surface area contributed by atoms with Crippen molar-refractivity contribution < 1.29 is 9.59 Å². The zero-order chi connectivity index (χ0) is 18.1. The molecule has 0 spiro atoms. The fourth-order valence-electron chi connectivity index (χ4n) is 2.64. The van der Waals surface area contributed by atoms with E-state index in [2.05, 4.69) is 0 Å². The molecule has 2 aromatic carbocycles. The Hall–Kier alpha value is -2.17. The van der Waals surface area contributed by atoms with Crippen LogP contribution in [0.4, 0.5) is 0 Å². The first-order valence-electron chi connectivity index (χ1n) is 8.72. The number of rotatable bonds is 9. The number of hydrogen-bond donors (Lipinski definition) is 1. The van der Waals surface area contributed by atoms with Crippen LogP contribution >= 0.6 is 12.4 Å². The number of halogens is 1. The van der Waals surface area contributed by atoms with E-state index in [1.807, 2.05) is 61.5 Å². The lowest BCUT2D eigenvalue weighted by atomic mass is 10.0. The summed E-state index contributed by atoms with van der Waals surface area (Å²) in [4.78, 5) is 26.6. The van der Waals surface area contributed by atoms with Crippen molar-refractivity contribution in [1.82, 2.24) is 4.90 Å². The quantitative estimate of drug-likeness (QED) is 0.680. The maximum Gasteiger partial charge on any atom is 0.223 e. The van der Waals surface area contributed by atoms with Crippen LogP contribution < -0.4 is 5.73 Å². The number of amides is 1. The van der Waals surface area contributed by atoms with Gasteiger partial charge in [0.05, 0.1) is 0 Å². The maximum absolute atomic E-state index is 12.6. The first-order chi connectivity index (χ1) is 12.1. The zero-order valence-corrected chi connectivity index (χ0v) is 16.0. The molecule has 0 heterocycles. The van der Waals surface area contributed by atoms with Gasteiger partial charge >= 0.3 is 0 Å². The molecule has 0 aromatic heterocycles. The third kappa shape index (κ3) is 6.98. The van der Waals surface area contributed by atoms with E-state index in [0.717, 1.165) is 17.5 Å². The summed E-state index contributed by atoms with van der Waals surface area (Å²) in [6.45, 7) is 3.69. The smallest absolute Gasteiger partial charge is 0.223 e. The number of hydrogen-bond acceptors (Lipinski definition) is 3. The Bertz CT molecular complexity index is 687. The SMILES string of the molecule is Cc1ccc(C(=O)CCC(=O)N(CCCN)Cc2ccccc2)cc1.Cl. The van der Waals surface area contributed by atoms with Crippen molar-refractivity contribution in [2.24, 2.45) is 5.73 Å². The fourth-order valence-corrected chi connectivity index (χ4v) is 2.64. The van der Waals surface area contributed by atoms with E-state index in [1.54, 1.807) is 4.90 Å². The molecule has 0 fully saturated rings. The molecular weight excluding hydrogens is 348 g/mol. The summed E-state index contributed by atoms with van der Waals surface area (Å²) in [7, 11) is 0. The molecule has 0 aliphatic carbocycles.